The molecule has 2 N–H and O–H groups in total. The number of amides is 1. The van der Waals surface area contributed by atoms with Crippen LogP contribution in [-0.4, -0.2) is 44.5 Å². The highest BCUT2D eigenvalue weighted by Crippen LogP contribution is 2.01. The summed E-state index contributed by atoms with van der Waals surface area (Å²) in [6.45, 7) is 2.46. The Hall–Kier alpha value is -1.46. The van der Waals surface area contributed by atoms with Crippen LogP contribution in [0.15, 0.2) is 24.3 Å². The summed E-state index contributed by atoms with van der Waals surface area (Å²) in [7, 11) is 3.78. The zero-order chi connectivity index (χ0) is 13.4. The molecule has 0 aliphatic carbocycles. The SMILES string of the molecule is CNCCN(C)CC(=O)NCc1ccc(F)cc1. The number of benzene rings is 1. The second-order valence-electron chi connectivity index (χ2n) is 4.24. The Morgan fingerprint density at radius 1 is 1.33 bits per heavy atom. The quantitative estimate of drug-likeness (QED) is 0.747. The van der Waals surface area contributed by atoms with Gasteiger partial charge in [0.15, 0.2) is 0 Å². The molecule has 0 aliphatic rings. The maximum Gasteiger partial charge on any atom is 0.234 e. The number of hydrogen-bond acceptors (Lipinski definition) is 3. The molecule has 0 bridgehead atoms. The van der Waals surface area contributed by atoms with Crippen LogP contribution in [0.25, 0.3) is 0 Å². The topological polar surface area (TPSA) is 44.4 Å². The second kappa shape index (κ2) is 7.79. The number of likely N-dealkylation sites (N-methyl/N-ethyl adjacent to an activating group) is 2. The van der Waals surface area contributed by atoms with Gasteiger partial charge in [0.2, 0.25) is 5.91 Å². The molecule has 0 aromatic heterocycles. The smallest absolute Gasteiger partial charge is 0.234 e. The van der Waals surface area contributed by atoms with Crippen molar-refractivity contribution in [3.8, 4) is 0 Å². The number of rotatable bonds is 7. The summed E-state index contributed by atoms with van der Waals surface area (Å²) >= 11 is 0. The van der Waals surface area contributed by atoms with Crippen LogP contribution in [-0.2, 0) is 11.3 Å². The summed E-state index contributed by atoms with van der Waals surface area (Å²) < 4.78 is 12.7. The third-order valence-electron chi connectivity index (χ3n) is 2.56. The average molecular weight is 253 g/mol. The van der Waals surface area contributed by atoms with E-state index in [4.69, 9.17) is 0 Å². The largest absolute Gasteiger partial charge is 0.351 e. The normalized spacial score (nSPS) is 10.7. The lowest BCUT2D eigenvalue weighted by Gasteiger charge is -2.15. The first kappa shape index (κ1) is 14.6. The monoisotopic (exact) mass is 253 g/mol. The standard InChI is InChI=1S/C13H20FN3O/c1-15-7-8-17(2)10-13(18)16-9-11-3-5-12(14)6-4-11/h3-6,15H,7-10H2,1-2H3,(H,16,18). The molecule has 0 radical (unpaired) electrons. The van der Waals surface area contributed by atoms with E-state index in [0.717, 1.165) is 18.7 Å². The Kier molecular flexibility index (Phi) is 6.32. The minimum absolute atomic E-state index is 0.0297. The Balaban J connectivity index is 2.26. The van der Waals surface area contributed by atoms with Crippen LogP contribution >= 0.6 is 0 Å². The third-order valence-corrected chi connectivity index (χ3v) is 2.56. The predicted octanol–water partition coefficient (Wildman–Crippen LogP) is 0.593. The van der Waals surface area contributed by atoms with Gasteiger partial charge in [0.1, 0.15) is 5.82 Å². The van der Waals surface area contributed by atoms with Crippen molar-refractivity contribution in [2.45, 2.75) is 6.54 Å². The zero-order valence-corrected chi connectivity index (χ0v) is 10.9. The van der Waals surface area contributed by atoms with Crippen LogP contribution in [0.5, 0.6) is 0 Å². The minimum Gasteiger partial charge on any atom is -0.351 e. The van der Waals surface area contributed by atoms with E-state index in [2.05, 4.69) is 10.6 Å². The van der Waals surface area contributed by atoms with E-state index in [1.54, 1.807) is 12.1 Å². The van der Waals surface area contributed by atoms with Crippen LogP contribution < -0.4 is 10.6 Å². The van der Waals surface area contributed by atoms with Crippen LogP contribution in [0.1, 0.15) is 5.56 Å². The number of hydrogen-bond donors (Lipinski definition) is 2. The average Bonchev–Trinajstić information content (AvgIpc) is 2.35. The predicted molar refractivity (Wildman–Crippen MR) is 69.7 cm³/mol. The van der Waals surface area contributed by atoms with Gasteiger partial charge in [0.25, 0.3) is 0 Å². The fourth-order valence-corrected chi connectivity index (χ4v) is 1.49. The highest BCUT2D eigenvalue weighted by atomic mass is 19.1. The molecule has 0 saturated carbocycles. The minimum atomic E-state index is -0.267. The molecule has 1 aromatic carbocycles. The van der Waals surface area contributed by atoms with Gasteiger partial charge in [-0.15, -0.1) is 0 Å². The summed E-state index contributed by atoms with van der Waals surface area (Å²) in [6, 6.07) is 6.11. The van der Waals surface area contributed by atoms with Gasteiger partial charge in [-0.2, -0.15) is 0 Å². The van der Waals surface area contributed by atoms with Crippen LogP contribution in [0, 0.1) is 5.82 Å². The lowest BCUT2D eigenvalue weighted by molar-refractivity contribution is -0.122. The van der Waals surface area contributed by atoms with Crippen LogP contribution in [0.2, 0.25) is 0 Å². The number of carbonyl (C=O) groups excluding carboxylic acids is 1. The highest BCUT2D eigenvalue weighted by molar-refractivity contribution is 5.77. The van der Waals surface area contributed by atoms with Gasteiger partial charge >= 0.3 is 0 Å². The van der Waals surface area contributed by atoms with Crippen molar-refractivity contribution in [2.24, 2.45) is 0 Å². The second-order valence-corrected chi connectivity index (χ2v) is 4.24. The van der Waals surface area contributed by atoms with Gasteiger partial charge in [-0.25, -0.2) is 4.39 Å². The number of nitrogens with zero attached hydrogens (tertiary/aromatic N) is 1. The number of carbonyl (C=O) groups is 1. The Morgan fingerprint density at radius 3 is 2.61 bits per heavy atom. The molecule has 1 amide bonds. The van der Waals surface area contributed by atoms with Crippen LogP contribution in [0.4, 0.5) is 4.39 Å². The van der Waals surface area contributed by atoms with Gasteiger partial charge in [-0.05, 0) is 31.8 Å². The van der Waals surface area contributed by atoms with Crippen molar-refractivity contribution in [1.29, 1.82) is 0 Å². The first-order valence-electron chi connectivity index (χ1n) is 5.96. The molecule has 0 heterocycles. The van der Waals surface area contributed by atoms with Crippen molar-refractivity contribution >= 4 is 5.91 Å². The zero-order valence-electron chi connectivity index (χ0n) is 10.9. The molecular formula is C13H20FN3O. The summed E-state index contributed by atoms with van der Waals surface area (Å²) in [5.74, 6) is -0.296. The van der Waals surface area contributed by atoms with Crippen molar-refractivity contribution in [1.82, 2.24) is 15.5 Å². The van der Waals surface area contributed by atoms with E-state index in [9.17, 15) is 9.18 Å². The van der Waals surface area contributed by atoms with E-state index in [0.29, 0.717) is 13.1 Å². The van der Waals surface area contributed by atoms with Crippen molar-refractivity contribution < 1.29 is 9.18 Å². The van der Waals surface area contributed by atoms with Crippen molar-refractivity contribution in [2.75, 3.05) is 33.7 Å². The molecule has 0 spiro atoms. The van der Waals surface area contributed by atoms with Gasteiger partial charge < -0.3 is 10.6 Å². The van der Waals surface area contributed by atoms with Gasteiger partial charge in [-0.3, -0.25) is 9.69 Å². The molecule has 0 fully saturated rings. The Bertz CT molecular complexity index is 367. The summed E-state index contributed by atoms with van der Waals surface area (Å²) in [6.07, 6.45) is 0. The molecule has 18 heavy (non-hydrogen) atoms. The Labute approximate surface area is 107 Å². The van der Waals surface area contributed by atoms with E-state index in [1.807, 2.05) is 19.0 Å². The fraction of sp³-hybridized carbons (Fsp3) is 0.462. The third kappa shape index (κ3) is 5.75. The molecule has 1 rings (SSSR count). The summed E-state index contributed by atoms with van der Waals surface area (Å²) in [5, 5.41) is 5.83. The molecule has 0 aliphatic heterocycles. The van der Waals surface area contributed by atoms with Crippen molar-refractivity contribution in [3.63, 3.8) is 0 Å². The highest BCUT2D eigenvalue weighted by Gasteiger charge is 2.05. The molecule has 5 heteroatoms. The van der Waals surface area contributed by atoms with E-state index in [-0.39, 0.29) is 11.7 Å². The lowest BCUT2D eigenvalue weighted by atomic mass is 10.2. The number of nitrogens with one attached hydrogen (secondary N) is 2. The van der Waals surface area contributed by atoms with Gasteiger partial charge in [0.05, 0.1) is 6.54 Å². The van der Waals surface area contributed by atoms with Crippen LogP contribution in [0.3, 0.4) is 0 Å². The molecule has 0 unspecified atom stereocenters. The first-order chi connectivity index (χ1) is 8.61. The molecule has 0 saturated heterocycles. The molecule has 100 valence electrons. The Morgan fingerprint density at radius 2 is 2.00 bits per heavy atom. The van der Waals surface area contributed by atoms with E-state index >= 15 is 0 Å². The van der Waals surface area contributed by atoms with E-state index < -0.39 is 0 Å². The summed E-state index contributed by atoms with van der Waals surface area (Å²) in [4.78, 5) is 13.6. The maximum absolute atomic E-state index is 12.7. The number of halogens is 1. The summed E-state index contributed by atoms with van der Waals surface area (Å²) in [5.41, 5.74) is 0.891. The molecular weight excluding hydrogens is 233 g/mol. The van der Waals surface area contributed by atoms with Gasteiger partial charge in [0, 0.05) is 19.6 Å². The van der Waals surface area contributed by atoms with Crippen molar-refractivity contribution in [3.05, 3.63) is 35.6 Å². The molecule has 1 aromatic rings. The molecule has 0 atom stereocenters. The first-order valence-corrected chi connectivity index (χ1v) is 5.96. The molecule has 4 nitrogen and oxygen atoms in total. The van der Waals surface area contributed by atoms with E-state index in [1.165, 1.54) is 12.1 Å². The lowest BCUT2D eigenvalue weighted by Crippen LogP contribution is -2.37. The maximum atomic E-state index is 12.7. The fourth-order valence-electron chi connectivity index (χ4n) is 1.49. The van der Waals surface area contributed by atoms with Gasteiger partial charge in [-0.1, -0.05) is 12.1 Å².